The van der Waals surface area contributed by atoms with Gasteiger partial charge in [-0.1, -0.05) is 29.8 Å². The van der Waals surface area contributed by atoms with E-state index in [4.69, 9.17) is 17.4 Å². The quantitative estimate of drug-likeness (QED) is 0.340. The van der Waals surface area contributed by atoms with Gasteiger partial charge in [0.05, 0.1) is 5.02 Å². The predicted octanol–water partition coefficient (Wildman–Crippen LogP) is 3.23. The fourth-order valence-corrected chi connectivity index (χ4v) is 2.61. The Labute approximate surface area is 106 Å². The van der Waals surface area contributed by atoms with E-state index in [-0.39, 0.29) is 0 Å². The number of hydrogen-bond acceptors (Lipinski definition) is 3. The van der Waals surface area contributed by atoms with Gasteiger partial charge in [-0.05, 0) is 25.0 Å². The molecule has 0 radical (unpaired) electrons. The molecule has 0 amide bonds. The minimum absolute atomic E-state index is 0.291. The van der Waals surface area contributed by atoms with E-state index in [1.807, 2.05) is 30.3 Å². The Morgan fingerprint density at radius 2 is 2.25 bits per heavy atom. The number of thioether (sulfide) groups is 1. The summed E-state index contributed by atoms with van der Waals surface area (Å²) in [6.45, 7) is 3.70. The predicted molar refractivity (Wildman–Crippen MR) is 72.7 cm³/mol. The summed E-state index contributed by atoms with van der Waals surface area (Å²) in [6.07, 6.45) is 3.87. The van der Waals surface area contributed by atoms with Gasteiger partial charge in [-0.3, -0.25) is 11.3 Å². The number of benzene rings is 1. The standard InChI is InChI=1S/C12H17ClN2S/c1-2-3-6-10(15-14)9-16-12-8-5-4-7-11(12)13/h2,4-5,7-8,10,15H,1,3,6,9,14H2. The molecule has 0 bridgehead atoms. The highest BCUT2D eigenvalue weighted by Gasteiger charge is 2.07. The van der Waals surface area contributed by atoms with Gasteiger partial charge in [0.2, 0.25) is 0 Å². The molecule has 3 N–H and O–H groups in total. The molecule has 1 unspecified atom stereocenters. The van der Waals surface area contributed by atoms with E-state index in [1.54, 1.807) is 11.8 Å². The van der Waals surface area contributed by atoms with Crippen LogP contribution in [0.5, 0.6) is 0 Å². The van der Waals surface area contributed by atoms with Gasteiger partial charge in [-0.2, -0.15) is 0 Å². The number of hydrogen-bond donors (Lipinski definition) is 2. The second-order valence-electron chi connectivity index (χ2n) is 3.47. The molecule has 1 aromatic carbocycles. The maximum absolute atomic E-state index is 6.07. The highest BCUT2D eigenvalue weighted by atomic mass is 35.5. The molecule has 2 nitrogen and oxygen atoms in total. The number of halogens is 1. The smallest absolute Gasteiger partial charge is 0.0541 e. The summed E-state index contributed by atoms with van der Waals surface area (Å²) in [6, 6.07) is 8.14. The number of nitrogens with two attached hydrogens (primary N) is 1. The Hall–Kier alpha value is -0.480. The lowest BCUT2D eigenvalue weighted by Crippen LogP contribution is -2.36. The van der Waals surface area contributed by atoms with Gasteiger partial charge in [-0.25, -0.2) is 0 Å². The molecule has 0 aliphatic carbocycles. The van der Waals surface area contributed by atoms with E-state index in [0.29, 0.717) is 6.04 Å². The summed E-state index contributed by atoms with van der Waals surface area (Å²) >= 11 is 7.79. The monoisotopic (exact) mass is 256 g/mol. The molecule has 0 saturated carbocycles. The van der Waals surface area contributed by atoms with E-state index < -0.39 is 0 Å². The first-order valence-electron chi connectivity index (χ1n) is 5.22. The zero-order valence-corrected chi connectivity index (χ0v) is 10.7. The summed E-state index contributed by atoms with van der Waals surface area (Å²) in [5, 5.41) is 0.798. The Morgan fingerprint density at radius 3 is 2.88 bits per heavy atom. The van der Waals surface area contributed by atoms with Crippen LogP contribution < -0.4 is 11.3 Å². The Balaban J connectivity index is 2.43. The molecule has 0 fully saturated rings. The van der Waals surface area contributed by atoms with Crippen molar-refractivity contribution in [2.24, 2.45) is 5.84 Å². The number of rotatable bonds is 7. The van der Waals surface area contributed by atoms with Crippen molar-refractivity contribution in [3.05, 3.63) is 41.9 Å². The minimum Gasteiger partial charge on any atom is -0.271 e. The second kappa shape index (κ2) is 7.74. The molecule has 0 spiro atoms. The topological polar surface area (TPSA) is 38.0 Å². The van der Waals surface area contributed by atoms with Crippen LogP contribution in [0, 0.1) is 0 Å². The Bertz CT molecular complexity index is 331. The molecule has 88 valence electrons. The largest absolute Gasteiger partial charge is 0.271 e. The van der Waals surface area contributed by atoms with Gasteiger partial charge in [0.1, 0.15) is 0 Å². The first-order chi connectivity index (χ1) is 7.77. The maximum Gasteiger partial charge on any atom is 0.0541 e. The summed E-state index contributed by atoms with van der Waals surface area (Å²) in [5.74, 6) is 6.40. The van der Waals surface area contributed by atoms with Crippen molar-refractivity contribution in [3.63, 3.8) is 0 Å². The van der Waals surface area contributed by atoms with E-state index in [2.05, 4.69) is 12.0 Å². The van der Waals surface area contributed by atoms with E-state index in [9.17, 15) is 0 Å². The van der Waals surface area contributed by atoms with E-state index in [1.165, 1.54) is 0 Å². The fraction of sp³-hybridized carbons (Fsp3) is 0.333. The van der Waals surface area contributed by atoms with E-state index in [0.717, 1.165) is 28.5 Å². The summed E-state index contributed by atoms with van der Waals surface area (Å²) in [4.78, 5) is 1.10. The van der Waals surface area contributed by atoms with Gasteiger partial charge < -0.3 is 0 Å². The normalized spacial score (nSPS) is 12.4. The third-order valence-electron chi connectivity index (χ3n) is 2.23. The van der Waals surface area contributed by atoms with Gasteiger partial charge in [0.25, 0.3) is 0 Å². The highest BCUT2D eigenvalue weighted by Crippen LogP contribution is 2.27. The average molecular weight is 257 g/mol. The van der Waals surface area contributed by atoms with Crippen LogP contribution in [0.25, 0.3) is 0 Å². The third kappa shape index (κ3) is 4.58. The summed E-state index contributed by atoms with van der Waals surface area (Å²) < 4.78 is 0. The molecule has 16 heavy (non-hydrogen) atoms. The van der Waals surface area contributed by atoms with E-state index >= 15 is 0 Å². The lowest BCUT2D eigenvalue weighted by molar-refractivity contribution is 0.544. The van der Waals surface area contributed by atoms with Crippen LogP contribution in [0.15, 0.2) is 41.8 Å². The molecule has 4 heteroatoms. The molecule has 1 atom stereocenters. The van der Waals surface area contributed by atoms with Gasteiger partial charge in [-0.15, -0.1) is 18.3 Å². The van der Waals surface area contributed by atoms with Crippen LogP contribution in [0.3, 0.4) is 0 Å². The Kier molecular flexibility index (Phi) is 6.57. The lowest BCUT2D eigenvalue weighted by Gasteiger charge is -2.14. The summed E-state index contributed by atoms with van der Waals surface area (Å²) in [7, 11) is 0. The number of allylic oxidation sites excluding steroid dienone is 1. The molecule has 0 aliphatic heterocycles. The number of nitrogens with one attached hydrogen (secondary N) is 1. The van der Waals surface area contributed by atoms with Crippen LogP contribution in [-0.2, 0) is 0 Å². The van der Waals surface area contributed by atoms with Crippen molar-refractivity contribution in [2.45, 2.75) is 23.8 Å². The average Bonchev–Trinajstić information content (AvgIpc) is 2.31. The van der Waals surface area contributed by atoms with Crippen LogP contribution in [0.1, 0.15) is 12.8 Å². The van der Waals surface area contributed by atoms with Crippen molar-refractivity contribution >= 4 is 23.4 Å². The number of hydrazine groups is 1. The van der Waals surface area contributed by atoms with Crippen molar-refractivity contribution in [1.82, 2.24) is 5.43 Å². The third-order valence-corrected chi connectivity index (χ3v) is 3.91. The molecule has 0 aliphatic rings. The summed E-state index contributed by atoms with van der Waals surface area (Å²) in [5.41, 5.74) is 2.81. The van der Waals surface area contributed by atoms with Gasteiger partial charge in [0.15, 0.2) is 0 Å². The first kappa shape index (κ1) is 13.6. The zero-order chi connectivity index (χ0) is 11.8. The van der Waals surface area contributed by atoms with Gasteiger partial charge in [0, 0.05) is 16.7 Å². The van der Waals surface area contributed by atoms with Crippen LogP contribution in [0.4, 0.5) is 0 Å². The van der Waals surface area contributed by atoms with Gasteiger partial charge >= 0.3 is 0 Å². The van der Waals surface area contributed by atoms with Crippen molar-refractivity contribution in [1.29, 1.82) is 0 Å². The van der Waals surface area contributed by atoms with Crippen LogP contribution in [-0.4, -0.2) is 11.8 Å². The molecule has 0 heterocycles. The first-order valence-corrected chi connectivity index (χ1v) is 6.58. The highest BCUT2D eigenvalue weighted by molar-refractivity contribution is 7.99. The molecule has 1 aromatic rings. The molecule has 0 aromatic heterocycles. The van der Waals surface area contributed by atoms with Crippen molar-refractivity contribution < 1.29 is 0 Å². The van der Waals surface area contributed by atoms with Crippen molar-refractivity contribution in [3.8, 4) is 0 Å². The van der Waals surface area contributed by atoms with Crippen LogP contribution >= 0.6 is 23.4 Å². The van der Waals surface area contributed by atoms with Crippen molar-refractivity contribution in [2.75, 3.05) is 5.75 Å². The molecule has 0 saturated heterocycles. The molecular weight excluding hydrogens is 240 g/mol. The second-order valence-corrected chi connectivity index (χ2v) is 4.94. The Morgan fingerprint density at radius 1 is 1.50 bits per heavy atom. The SMILES string of the molecule is C=CCCC(CSc1ccccc1Cl)NN. The molecular formula is C12H17ClN2S. The van der Waals surface area contributed by atoms with Crippen LogP contribution in [0.2, 0.25) is 5.02 Å². The maximum atomic E-state index is 6.07. The molecule has 1 rings (SSSR count). The fourth-order valence-electron chi connectivity index (χ4n) is 1.29. The lowest BCUT2D eigenvalue weighted by atomic mass is 10.2. The minimum atomic E-state index is 0.291. The zero-order valence-electron chi connectivity index (χ0n) is 9.16.